The van der Waals surface area contributed by atoms with Gasteiger partial charge in [0, 0.05) is 0 Å². The summed E-state index contributed by atoms with van der Waals surface area (Å²) in [6.45, 7) is 10.1. The Morgan fingerprint density at radius 2 is 1.57 bits per heavy atom. The number of amides is 1. The molecule has 0 N–H and O–H groups in total. The summed E-state index contributed by atoms with van der Waals surface area (Å²) in [6.07, 6.45) is 1.12. The van der Waals surface area contributed by atoms with E-state index in [0.29, 0.717) is 11.8 Å². The molecule has 2 fully saturated rings. The largest absolute Gasteiger partial charge is 0.444 e. The number of carbonyl (C=O) groups is 1. The van der Waals surface area contributed by atoms with E-state index in [1.165, 1.54) is 28.7 Å². The van der Waals surface area contributed by atoms with Crippen molar-refractivity contribution in [3.8, 4) is 0 Å². The molecule has 0 radical (unpaired) electrons. The number of aryl methyl sites for hydroxylation is 2. The molecular weight excluding hydrogens is 262 g/mol. The number of ether oxygens (including phenoxy) is 1. The van der Waals surface area contributed by atoms with Crippen LogP contribution in [-0.2, 0) is 4.74 Å². The van der Waals surface area contributed by atoms with Gasteiger partial charge in [0.15, 0.2) is 0 Å². The standard InChI is InChI=1S/C18H23NO2/c1-9-6-11-12(7-10(9)2)16-14-8-13(14)15(11)19(16)17(20)21-18(3,4)5/h6-7,13-16H,8H2,1-5H3. The highest BCUT2D eigenvalue weighted by atomic mass is 16.6. The average molecular weight is 285 g/mol. The monoisotopic (exact) mass is 285 g/mol. The number of benzene rings is 1. The van der Waals surface area contributed by atoms with Crippen molar-refractivity contribution in [3.63, 3.8) is 0 Å². The topological polar surface area (TPSA) is 29.5 Å². The first kappa shape index (κ1) is 13.2. The van der Waals surface area contributed by atoms with Crippen LogP contribution < -0.4 is 0 Å². The predicted octanol–water partition coefficient (Wildman–Crippen LogP) is 4.29. The van der Waals surface area contributed by atoms with Gasteiger partial charge in [-0.05, 0) is 75.1 Å². The van der Waals surface area contributed by atoms with Crippen LogP contribution in [0.1, 0.15) is 61.5 Å². The van der Waals surface area contributed by atoms with E-state index in [4.69, 9.17) is 4.74 Å². The van der Waals surface area contributed by atoms with Gasteiger partial charge in [-0.15, -0.1) is 0 Å². The van der Waals surface area contributed by atoms with Crippen molar-refractivity contribution in [2.45, 2.75) is 58.7 Å². The van der Waals surface area contributed by atoms with Crippen molar-refractivity contribution in [1.82, 2.24) is 4.90 Å². The lowest BCUT2D eigenvalue weighted by atomic mass is 9.89. The fourth-order valence-corrected chi connectivity index (χ4v) is 4.22. The van der Waals surface area contributed by atoms with E-state index in [0.717, 1.165) is 0 Å². The van der Waals surface area contributed by atoms with E-state index in [2.05, 4.69) is 26.0 Å². The summed E-state index contributed by atoms with van der Waals surface area (Å²) in [5.41, 5.74) is 4.95. The highest BCUT2D eigenvalue weighted by Gasteiger charge is 2.66. The minimum atomic E-state index is -0.429. The number of hydrogen-bond donors (Lipinski definition) is 0. The molecule has 0 aromatic heterocycles. The molecule has 1 amide bonds. The first-order chi connectivity index (χ1) is 9.78. The van der Waals surface area contributed by atoms with E-state index in [9.17, 15) is 4.79 Å². The van der Waals surface area contributed by atoms with Gasteiger partial charge in [0.05, 0.1) is 12.1 Å². The minimum Gasteiger partial charge on any atom is -0.444 e. The van der Waals surface area contributed by atoms with Crippen LogP contribution in [0.15, 0.2) is 12.1 Å². The van der Waals surface area contributed by atoms with E-state index >= 15 is 0 Å². The van der Waals surface area contributed by atoms with Crippen LogP contribution in [0.5, 0.6) is 0 Å². The van der Waals surface area contributed by atoms with Crippen molar-refractivity contribution in [1.29, 1.82) is 0 Å². The minimum absolute atomic E-state index is 0.142. The Kier molecular flexibility index (Phi) is 2.40. The van der Waals surface area contributed by atoms with Crippen LogP contribution in [0.4, 0.5) is 4.79 Å². The molecule has 1 saturated heterocycles. The van der Waals surface area contributed by atoms with Crippen molar-refractivity contribution in [2.24, 2.45) is 11.8 Å². The summed E-state index contributed by atoms with van der Waals surface area (Å²) in [6, 6.07) is 5.09. The van der Waals surface area contributed by atoms with Gasteiger partial charge in [0.2, 0.25) is 0 Å². The number of piperidine rings is 1. The first-order valence-corrected chi connectivity index (χ1v) is 7.90. The number of hydrogen-bond acceptors (Lipinski definition) is 2. The summed E-state index contributed by atoms with van der Waals surface area (Å²) >= 11 is 0. The Bertz CT molecular complexity index is 602. The van der Waals surface area contributed by atoms with Gasteiger partial charge in [0.25, 0.3) is 0 Å². The second kappa shape index (κ2) is 3.82. The predicted molar refractivity (Wildman–Crippen MR) is 81.1 cm³/mol. The maximum absolute atomic E-state index is 12.6. The Labute approximate surface area is 126 Å². The molecule has 1 aromatic rings. The molecule has 1 aromatic carbocycles. The van der Waals surface area contributed by atoms with Gasteiger partial charge in [-0.2, -0.15) is 0 Å². The molecule has 2 aliphatic heterocycles. The zero-order valence-corrected chi connectivity index (χ0v) is 13.4. The number of fused-ring (bicyclic) bond motifs is 8. The molecule has 21 heavy (non-hydrogen) atoms. The first-order valence-electron chi connectivity index (χ1n) is 7.90. The molecule has 4 unspecified atom stereocenters. The fourth-order valence-electron chi connectivity index (χ4n) is 4.22. The van der Waals surface area contributed by atoms with Gasteiger partial charge in [0.1, 0.15) is 5.60 Å². The third-order valence-electron chi connectivity index (χ3n) is 5.24. The number of nitrogens with zero attached hydrogens (tertiary/aromatic N) is 1. The summed E-state index contributed by atoms with van der Waals surface area (Å²) in [4.78, 5) is 14.7. The van der Waals surface area contributed by atoms with Crippen molar-refractivity contribution < 1.29 is 9.53 Å². The summed E-state index contributed by atoms with van der Waals surface area (Å²) in [5, 5.41) is 0. The SMILES string of the molecule is Cc1cc2c(cc1C)C1C3CC3C2N1C(=O)OC(C)(C)C. The maximum Gasteiger partial charge on any atom is 0.411 e. The Morgan fingerprint density at radius 3 is 2.00 bits per heavy atom. The van der Waals surface area contributed by atoms with Crippen LogP contribution in [0.2, 0.25) is 0 Å². The fraction of sp³-hybridized carbons (Fsp3) is 0.611. The van der Waals surface area contributed by atoms with Crippen LogP contribution in [-0.4, -0.2) is 16.6 Å². The smallest absolute Gasteiger partial charge is 0.411 e. The van der Waals surface area contributed by atoms with E-state index < -0.39 is 5.60 Å². The van der Waals surface area contributed by atoms with Crippen LogP contribution in [0.3, 0.4) is 0 Å². The summed E-state index contributed by atoms with van der Waals surface area (Å²) in [5.74, 6) is 1.33. The lowest BCUT2D eigenvalue weighted by Gasteiger charge is -2.29. The van der Waals surface area contributed by atoms with E-state index in [-0.39, 0.29) is 18.2 Å². The maximum atomic E-state index is 12.6. The van der Waals surface area contributed by atoms with Gasteiger partial charge in [-0.25, -0.2) is 4.79 Å². The van der Waals surface area contributed by atoms with Crippen molar-refractivity contribution >= 4 is 6.09 Å². The van der Waals surface area contributed by atoms with Crippen molar-refractivity contribution in [3.05, 3.63) is 34.4 Å². The van der Waals surface area contributed by atoms with Gasteiger partial charge in [-0.1, -0.05) is 12.1 Å². The zero-order chi connectivity index (χ0) is 15.1. The molecule has 4 atom stereocenters. The molecule has 1 aliphatic carbocycles. The molecule has 0 spiro atoms. The van der Waals surface area contributed by atoms with E-state index in [1.54, 1.807) is 0 Å². The molecule has 4 rings (SSSR count). The second-order valence-corrected chi connectivity index (χ2v) is 7.91. The molecule has 3 aliphatic rings. The Hall–Kier alpha value is -1.51. The molecule has 3 nitrogen and oxygen atoms in total. The van der Waals surface area contributed by atoms with Gasteiger partial charge >= 0.3 is 6.09 Å². The van der Waals surface area contributed by atoms with Crippen LogP contribution >= 0.6 is 0 Å². The summed E-state index contributed by atoms with van der Waals surface area (Å²) in [7, 11) is 0. The van der Waals surface area contributed by atoms with Crippen molar-refractivity contribution in [2.75, 3.05) is 0 Å². The van der Waals surface area contributed by atoms with Gasteiger partial charge in [-0.3, -0.25) is 4.90 Å². The molecule has 1 saturated carbocycles. The Morgan fingerprint density at radius 1 is 1.10 bits per heavy atom. The third kappa shape index (κ3) is 1.76. The second-order valence-electron chi connectivity index (χ2n) is 7.91. The lowest BCUT2D eigenvalue weighted by Crippen LogP contribution is -2.36. The molecule has 112 valence electrons. The third-order valence-corrected chi connectivity index (χ3v) is 5.24. The molecule has 3 heteroatoms. The van der Waals surface area contributed by atoms with Gasteiger partial charge < -0.3 is 4.74 Å². The molecule has 2 heterocycles. The average Bonchev–Trinajstić information content (AvgIpc) is 2.99. The number of carbonyl (C=O) groups excluding carboxylic acids is 1. The van der Waals surface area contributed by atoms with Crippen LogP contribution in [0.25, 0.3) is 0 Å². The zero-order valence-electron chi connectivity index (χ0n) is 13.4. The number of rotatable bonds is 0. The van der Waals surface area contributed by atoms with E-state index in [1.807, 2.05) is 25.7 Å². The molecular formula is C18H23NO2. The van der Waals surface area contributed by atoms with Crippen LogP contribution in [0, 0.1) is 25.7 Å². The highest BCUT2D eigenvalue weighted by Crippen LogP contribution is 2.70. The molecule has 2 bridgehead atoms. The quantitative estimate of drug-likeness (QED) is 0.712. The summed E-state index contributed by atoms with van der Waals surface area (Å²) < 4.78 is 5.65. The lowest BCUT2D eigenvalue weighted by molar-refractivity contribution is 0.0134. The Balaban J connectivity index is 1.73. The highest BCUT2D eigenvalue weighted by molar-refractivity contribution is 5.73. The normalized spacial score (nSPS) is 32.0.